The first-order valence-corrected chi connectivity index (χ1v) is 4.92. The van der Waals surface area contributed by atoms with E-state index >= 15 is 0 Å². The Balaban J connectivity index is 2.64. The molecule has 3 N–H and O–H groups in total. The highest BCUT2D eigenvalue weighted by atomic mass is 16.4. The van der Waals surface area contributed by atoms with Gasteiger partial charge in [0.05, 0.1) is 0 Å². The number of aromatic hydroxyl groups is 1. The van der Waals surface area contributed by atoms with Crippen molar-refractivity contribution in [2.75, 3.05) is 6.54 Å². The highest BCUT2D eigenvalue weighted by Gasteiger charge is 2.15. The van der Waals surface area contributed by atoms with Gasteiger partial charge in [-0.25, -0.2) is 4.98 Å². The number of nitrogens with two attached hydrogens (primary N) is 1. The van der Waals surface area contributed by atoms with Crippen molar-refractivity contribution in [1.29, 1.82) is 0 Å². The van der Waals surface area contributed by atoms with E-state index in [1.165, 1.54) is 0 Å². The molecule has 1 aromatic carbocycles. The van der Waals surface area contributed by atoms with Crippen LogP contribution in [0.2, 0.25) is 0 Å². The van der Waals surface area contributed by atoms with E-state index in [-0.39, 0.29) is 11.7 Å². The fraction of sp³-hybridized carbons (Fsp3) is 0.364. The minimum Gasteiger partial charge on any atom is -0.504 e. The van der Waals surface area contributed by atoms with Gasteiger partial charge in [-0.05, 0) is 18.5 Å². The summed E-state index contributed by atoms with van der Waals surface area (Å²) in [5.41, 5.74) is 7.50. The van der Waals surface area contributed by atoms with Gasteiger partial charge in [0.25, 0.3) is 0 Å². The van der Waals surface area contributed by atoms with E-state index in [1.54, 1.807) is 6.92 Å². The Hall–Kier alpha value is -1.55. The molecular formula is C11H14N2O2. The summed E-state index contributed by atoms with van der Waals surface area (Å²) in [6.45, 7) is 4.21. The van der Waals surface area contributed by atoms with Crippen molar-refractivity contribution in [3.05, 3.63) is 23.6 Å². The molecule has 0 saturated carbocycles. The fourth-order valence-corrected chi connectivity index (χ4v) is 1.63. The van der Waals surface area contributed by atoms with Crippen LogP contribution < -0.4 is 5.73 Å². The molecule has 1 aromatic heterocycles. The molecule has 0 spiro atoms. The smallest absolute Gasteiger partial charge is 0.196 e. The number of aryl methyl sites for hydroxylation is 1. The van der Waals surface area contributed by atoms with Crippen molar-refractivity contribution in [2.45, 2.75) is 19.8 Å². The number of phenolic OH excluding ortho intramolecular Hbond substituents is 1. The first kappa shape index (κ1) is 9.98. The van der Waals surface area contributed by atoms with Gasteiger partial charge >= 0.3 is 0 Å². The molecule has 0 radical (unpaired) electrons. The van der Waals surface area contributed by atoms with Crippen LogP contribution in [0.15, 0.2) is 16.5 Å². The Morgan fingerprint density at radius 2 is 2.27 bits per heavy atom. The molecule has 4 heteroatoms. The fourth-order valence-electron chi connectivity index (χ4n) is 1.63. The molecule has 1 unspecified atom stereocenters. The van der Waals surface area contributed by atoms with Crippen LogP contribution in [0.1, 0.15) is 24.3 Å². The van der Waals surface area contributed by atoms with E-state index in [9.17, 15) is 5.11 Å². The first-order valence-electron chi connectivity index (χ1n) is 4.92. The van der Waals surface area contributed by atoms with Crippen molar-refractivity contribution < 1.29 is 9.52 Å². The van der Waals surface area contributed by atoms with Gasteiger partial charge in [0, 0.05) is 12.5 Å². The second-order valence-corrected chi connectivity index (χ2v) is 3.72. The number of hydrogen-bond donors (Lipinski definition) is 2. The van der Waals surface area contributed by atoms with E-state index in [2.05, 4.69) is 4.98 Å². The molecule has 0 aliphatic carbocycles. The van der Waals surface area contributed by atoms with E-state index in [1.807, 2.05) is 19.1 Å². The largest absolute Gasteiger partial charge is 0.504 e. The van der Waals surface area contributed by atoms with Crippen LogP contribution in [-0.2, 0) is 0 Å². The Morgan fingerprint density at radius 1 is 1.53 bits per heavy atom. The number of fused-ring (bicyclic) bond motifs is 1. The quantitative estimate of drug-likeness (QED) is 0.787. The van der Waals surface area contributed by atoms with Crippen molar-refractivity contribution >= 4 is 11.1 Å². The first-order chi connectivity index (χ1) is 7.13. The summed E-state index contributed by atoms with van der Waals surface area (Å²) < 4.78 is 5.33. The molecule has 15 heavy (non-hydrogen) atoms. The van der Waals surface area contributed by atoms with E-state index in [0.717, 1.165) is 5.56 Å². The highest BCUT2D eigenvalue weighted by Crippen LogP contribution is 2.33. The lowest BCUT2D eigenvalue weighted by Gasteiger charge is -2.10. The lowest BCUT2D eigenvalue weighted by atomic mass is 10.00. The average molecular weight is 206 g/mol. The van der Waals surface area contributed by atoms with Crippen LogP contribution in [0.5, 0.6) is 5.75 Å². The number of oxazole rings is 1. The molecule has 0 amide bonds. The SMILES string of the molecule is Cc1nc2ccc(C(C)CN)c(O)c2o1. The summed E-state index contributed by atoms with van der Waals surface area (Å²) in [6.07, 6.45) is 0. The van der Waals surface area contributed by atoms with Gasteiger partial charge in [0.2, 0.25) is 0 Å². The van der Waals surface area contributed by atoms with Crippen LogP contribution in [0, 0.1) is 6.92 Å². The summed E-state index contributed by atoms with van der Waals surface area (Å²) in [5, 5.41) is 9.98. The third-order valence-corrected chi connectivity index (χ3v) is 2.55. The summed E-state index contributed by atoms with van der Waals surface area (Å²) in [7, 11) is 0. The maximum absolute atomic E-state index is 9.98. The number of nitrogens with zero attached hydrogens (tertiary/aromatic N) is 1. The van der Waals surface area contributed by atoms with E-state index in [0.29, 0.717) is 23.5 Å². The zero-order valence-corrected chi connectivity index (χ0v) is 8.82. The molecule has 0 aliphatic heterocycles. The summed E-state index contributed by atoms with van der Waals surface area (Å²) in [5.74, 6) is 0.823. The second-order valence-electron chi connectivity index (χ2n) is 3.72. The van der Waals surface area contributed by atoms with Gasteiger partial charge in [-0.15, -0.1) is 0 Å². The Morgan fingerprint density at radius 3 is 2.93 bits per heavy atom. The van der Waals surface area contributed by atoms with Gasteiger partial charge < -0.3 is 15.3 Å². The topological polar surface area (TPSA) is 72.3 Å². The van der Waals surface area contributed by atoms with Crippen molar-refractivity contribution in [3.8, 4) is 5.75 Å². The predicted octanol–water partition coefficient (Wildman–Crippen LogP) is 1.90. The third kappa shape index (κ3) is 1.57. The van der Waals surface area contributed by atoms with Gasteiger partial charge in [-0.2, -0.15) is 0 Å². The molecule has 2 aromatic rings. The molecule has 0 saturated heterocycles. The Labute approximate surface area is 87.7 Å². The molecule has 1 heterocycles. The number of benzene rings is 1. The lowest BCUT2D eigenvalue weighted by molar-refractivity contribution is 0.449. The molecule has 2 rings (SSSR count). The number of phenols is 1. The minimum atomic E-state index is 0.111. The summed E-state index contributed by atoms with van der Waals surface area (Å²) in [4.78, 5) is 4.14. The van der Waals surface area contributed by atoms with Crippen LogP contribution in [-0.4, -0.2) is 16.6 Å². The molecule has 80 valence electrons. The third-order valence-electron chi connectivity index (χ3n) is 2.55. The van der Waals surface area contributed by atoms with Crippen LogP contribution in [0.25, 0.3) is 11.1 Å². The molecular weight excluding hydrogens is 192 g/mol. The number of aromatic nitrogens is 1. The predicted molar refractivity (Wildman–Crippen MR) is 57.9 cm³/mol. The zero-order chi connectivity index (χ0) is 11.0. The molecule has 0 aliphatic rings. The minimum absolute atomic E-state index is 0.111. The molecule has 1 atom stereocenters. The normalized spacial score (nSPS) is 13.3. The summed E-state index contributed by atoms with van der Waals surface area (Å²) in [6, 6.07) is 3.68. The van der Waals surface area contributed by atoms with Crippen LogP contribution in [0.4, 0.5) is 0 Å². The lowest BCUT2D eigenvalue weighted by Crippen LogP contribution is -2.08. The maximum Gasteiger partial charge on any atom is 0.196 e. The monoisotopic (exact) mass is 206 g/mol. The standard InChI is InChI=1S/C11H14N2O2/c1-6(5-12)8-3-4-9-11(10(8)14)15-7(2)13-9/h3-4,6,14H,5,12H2,1-2H3. The van der Waals surface area contributed by atoms with Crippen LogP contribution in [0.3, 0.4) is 0 Å². The maximum atomic E-state index is 9.98. The van der Waals surface area contributed by atoms with Crippen LogP contribution >= 0.6 is 0 Å². The number of rotatable bonds is 2. The molecule has 0 bridgehead atoms. The Kier molecular flexibility index (Phi) is 2.36. The Bertz CT molecular complexity index is 491. The number of hydrogen-bond acceptors (Lipinski definition) is 4. The van der Waals surface area contributed by atoms with E-state index in [4.69, 9.17) is 10.2 Å². The summed E-state index contributed by atoms with van der Waals surface area (Å²) >= 11 is 0. The van der Waals surface area contributed by atoms with Gasteiger partial charge in [0.1, 0.15) is 5.52 Å². The van der Waals surface area contributed by atoms with Crippen molar-refractivity contribution in [1.82, 2.24) is 4.98 Å². The van der Waals surface area contributed by atoms with Crippen molar-refractivity contribution in [3.63, 3.8) is 0 Å². The highest BCUT2D eigenvalue weighted by molar-refractivity contribution is 5.81. The average Bonchev–Trinajstić information content (AvgIpc) is 2.59. The molecule has 4 nitrogen and oxygen atoms in total. The zero-order valence-electron chi connectivity index (χ0n) is 8.82. The van der Waals surface area contributed by atoms with E-state index < -0.39 is 0 Å². The van der Waals surface area contributed by atoms with Gasteiger partial charge in [-0.1, -0.05) is 13.0 Å². The molecule has 0 fully saturated rings. The van der Waals surface area contributed by atoms with Gasteiger partial charge in [0.15, 0.2) is 17.2 Å². The second kappa shape index (κ2) is 3.55. The van der Waals surface area contributed by atoms with Gasteiger partial charge in [-0.3, -0.25) is 0 Å². The van der Waals surface area contributed by atoms with Crippen molar-refractivity contribution in [2.24, 2.45) is 5.73 Å².